The first-order valence-electron chi connectivity index (χ1n) is 12.8. The van der Waals surface area contributed by atoms with Crippen molar-refractivity contribution in [2.75, 3.05) is 6.61 Å². The molecule has 39 heavy (non-hydrogen) atoms. The van der Waals surface area contributed by atoms with Gasteiger partial charge < -0.3 is 14.8 Å². The lowest BCUT2D eigenvalue weighted by atomic mass is 9.81. The number of ether oxygens (including phenoxy) is 2. The molecule has 1 aliphatic carbocycles. The van der Waals surface area contributed by atoms with Crippen LogP contribution in [0.15, 0.2) is 48.8 Å². The van der Waals surface area contributed by atoms with E-state index in [4.69, 9.17) is 9.47 Å². The van der Waals surface area contributed by atoms with Crippen LogP contribution in [0.2, 0.25) is 0 Å². The van der Waals surface area contributed by atoms with Crippen LogP contribution < -0.4 is 5.32 Å². The van der Waals surface area contributed by atoms with Crippen LogP contribution in [0.3, 0.4) is 0 Å². The highest BCUT2D eigenvalue weighted by atomic mass is 19.3. The zero-order valence-electron chi connectivity index (χ0n) is 21.4. The maximum absolute atomic E-state index is 13.9. The molecule has 1 aromatic carbocycles. The van der Waals surface area contributed by atoms with Crippen LogP contribution in [-0.4, -0.2) is 45.6 Å². The molecule has 0 aliphatic heterocycles. The van der Waals surface area contributed by atoms with E-state index >= 15 is 0 Å². The second-order valence-corrected chi connectivity index (χ2v) is 9.57. The fourth-order valence-electron chi connectivity index (χ4n) is 4.76. The number of hydrogen-bond acceptors (Lipinski definition) is 6. The fourth-order valence-corrected chi connectivity index (χ4v) is 4.76. The van der Waals surface area contributed by atoms with E-state index in [1.807, 2.05) is 18.2 Å². The second kappa shape index (κ2) is 12.4. The first-order valence-corrected chi connectivity index (χ1v) is 12.8. The van der Waals surface area contributed by atoms with Gasteiger partial charge in [0, 0.05) is 19.3 Å². The van der Waals surface area contributed by atoms with Crippen LogP contribution in [0.4, 0.5) is 22.4 Å². The number of nitrogens with one attached hydrogen (secondary N) is 1. The second-order valence-electron chi connectivity index (χ2n) is 9.57. The number of alkyl halides is 4. The highest BCUT2D eigenvalue weighted by molar-refractivity contribution is 5.78. The average molecular weight is 551 g/mol. The molecule has 2 heterocycles. The maximum atomic E-state index is 13.9. The minimum Gasteiger partial charge on any atom is -0.466 e. The Labute approximate surface area is 222 Å². The van der Waals surface area contributed by atoms with E-state index in [2.05, 4.69) is 15.4 Å². The lowest BCUT2D eigenvalue weighted by Gasteiger charge is -2.33. The third-order valence-electron chi connectivity index (χ3n) is 6.79. The molecule has 12 heteroatoms. The fraction of sp³-hybridized carbons (Fsp3) is 0.481. The van der Waals surface area contributed by atoms with Gasteiger partial charge >= 0.3 is 12.1 Å². The molecule has 1 fully saturated rings. The van der Waals surface area contributed by atoms with Crippen LogP contribution in [0, 0.1) is 5.92 Å². The number of carbonyl (C=O) groups is 2. The van der Waals surface area contributed by atoms with Crippen LogP contribution in [0.5, 0.6) is 0 Å². The van der Waals surface area contributed by atoms with Crippen molar-refractivity contribution in [3.63, 3.8) is 0 Å². The summed E-state index contributed by atoms with van der Waals surface area (Å²) in [7, 11) is 0. The van der Waals surface area contributed by atoms with Crippen molar-refractivity contribution in [2.24, 2.45) is 5.92 Å². The highest BCUT2D eigenvalue weighted by Gasteiger charge is 2.39. The Kier molecular flexibility index (Phi) is 9.03. The van der Waals surface area contributed by atoms with Gasteiger partial charge in [-0.15, -0.1) is 0 Å². The van der Waals surface area contributed by atoms with Crippen molar-refractivity contribution in [2.45, 2.75) is 69.9 Å². The SMILES string of the molecule is CCOC(=O)[C@@H](CC(F)F)c1cnn2cc([C@@H](NC(=O)OCc3ccccc3)C3CCC(F)(F)CC3)nc2c1. The molecule has 4 rings (SSSR count). The van der Waals surface area contributed by atoms with E-state index in [0.29, 0.717) is 5.69 Å². The normalized spacial score (nSPS) is 17.1. The number of imidazole rings is 1. The number of alkyl carbamates (subject to hydrolysis) is 1. The van der Waals surface area contributed by atoms with Gasteiger partial charge in [-0.3, -0.25) is 4.79 Å². The molecule has 0 saturated heterocycles. The van der Waals surface area contributed by atoms with Gasteiger partial charge in [-0.2, -0.15) is 5.10 Å². The van der Waals surface area contributed by atoms with Crippen molar-refractivity contribution >= 4 is 17.7 Å². The van der Waals surface area contributed by atoms with Gasteiger partial charge in [0.1, 0.15) is 6.61 Å². The zero-order valence-corrected chi connectivity index (χ0v) is 21.4. The summed E-state index contributed by atoms with van der Waals surface area (Å²) < 4.78 is 65.8. The lowest BCUT2D eigenvalue weighted by Crippen LogP contribution is -2.37. The van der Waals surface area contributed by atoms with Crippen molar-refractivity contribution in [1.82, 2.24) is 19.9 Å². The summed E-state index contributed by atoms with van der Waals surface area (Å²) in [4.78, 5) is 29.6. The summed E-state index contributed by atoms with van der Waals surface area (Å²) in [6.07, 6.45) is -1.71. The number of benzene rings is 1. The predicted molar refractivity (Wildman–Crippen MR) is 132 cm³/mol. The lowest BCUT2D eigenvalue weighted by molar-refractivity contribution is -0.146. The van der Waals surface area contributed by atoms with Gasteiger partial charge in [0.15, 0.2) is 5.65 Å². The Bertz CT molecular complexity index is 1260. The first kappa shape index (κ1) is 28.3. The zero-order chi connectivity index (χ0) is 28.0. The largest absolute Gasteiger partial charge is 0.466 e. The molecular weight excluding hydrogens is 520 g/mol. The van der Waals surface area contributed by atoms with Crippen molar-refractivity contribution in [3.8, 4) is 0 Å². The van der Waals surface area contributed by atoms with Gasteiger partial charge in [-0.05, 0) is 42.9 Å². The number of rotatable bonds is 10. The Morgan fingerprint density at radius 1 is 1.15 bits per heavy atom. The van der Waals surface area contributed by atoms with E-state index in [9.17, 15) is 27.2 Å². The summed E-state index contributed by atoms with van der Waals surface area (Å²) in [6, 6.07) is 9.77. The van der Waals surface area contributed by atoms with Gasteiger partial charge in [-0.25, -0.2) is 31.9 Å². The molecule has 2 atom stereocenters. The molecule has 8 nitrogen and oxygen atoms in total. The van der Waals surface area contributed by atoms with Gasteiger partial charge in [0.25, 0.3) is 0 Å². The van der Waals surface area contributed by atoms with Crippen molar-refractivity contribution in [1.29, 1.82) is 0 Å². The molecule has 210 valence electrons. The summed E-state index contributed by atoms with van der Waals surface area (Å²) in [6.45, 7) is 1.65. The van der Waals surface area contributed by atoms with Gasteiger partial charge in [0.05, 0.1) is 36.7 Å². The molecule has 0 bridgehead atoms. The van der Waals surface area contributed by atoms with Crippen LogP contribution >= 0.6 is 0 Å². The highest BCUT2D eigenvalue weighted by Crippen LogP contribution is 2.41. The minimum atomic E-state index is -2.77. The molecule has 0 unspecified atom stereocenters. The predicted octanol–water partition coefficient (Wildman–Crippen LogP) is 5.82. The summed E-state index contributed by atoms with van der Waals surface area (Å²) in [5.41, 5.74) is 1.60. The molecule has 1 N–H and O–H groups in total. The monoisotopic (exact) mass is 550 g/mol. The Morgan fingerprint density at radius 3 is 2.54 bits per heavy atom. The van der Waals surface area contributed by atoms with E-state index in [-0.39, 0.29) is 56.0 Å². The standard InChI is InChI=1S/C27H30F4N4O4/c1-2-38-25(36)20(13-22(28)29)19-12-23-33-21(15-35(23)32-14-19)24(18-8-10-27(30,31)11-9-18)34-26(37)39-16-17-6-4-3-5-7-17/h3-7,12,14-15,18,20,22,24H,2,8-11,13,16H2,1H3,(H,34,37)/t20-,24-/m0/s1. The van der Waals surface area contributed by atoms with Crippen molar-refractivity contribution < 1.29 is 36.6 Å². The van der Waals surface area contributed by atoms with Crippen LogP contribution in [-0.2, 0) is 20.9 Å². The topological polar surface area (TPSA) is 94.8 Å². The molecule has 0 spiro atoms. The maximum Gasteiger partial charge on any atom is 0.408 e. The van der Waals surface area contributed by atoms with Gasteiger partial charge in [-0.1, -0.05) is 30.3 Å². The molecule has 3 aromatic rings. The summed E-state index contributed by atoms with van der Waals surface area (Å²) >= 11 is 0. The number of hydrogen-bond donors (Lipinski definition) is 1. The molecule has 1 amide bonds. The Morgan fingerprint density at radius 2 is 1.87 bits per heavy atom. The Balaban J connectivity index is 1.58. The van der Waals surface area contributed by atoms with E-state index in [0.717, 1.165) is 5.56 Å². The minimum absolute atomic E-state index is 0.0254. The number of nitrogens with zero attached hydrogens (tertiary/aromatic N) is 3. The summed E-state index contributed by atoms with van der Waals surface area (Å²) in [5, 5.41) is 6.99. The average Bonchev–Trinajstić information content (AvgIpc) is 3.33. The number of aromatic nitrogens is 3. The van der Waals surface area contributed by atoms with E-state index in [1.54, 1.807) is 25.3 Å². The van der Waals surface area contributed by atoms with E-state index < -0.39 is 42.8 Å². The number of fused-ring (bicyclic) bond motifs is 1. The molecule has 2 aromatic heterocycles. The number of halogens is 4. The number of carbonyl (C=O) groups excluding carboxylic acids is 2. The molecular formula is C27H30F4N4O4. The number of esters is 1. The quantitative estimate of drug-likeness (QED) is 0.252. The molecule has 0 radical (unpaired) electrons. The van der Waals surface area contributed by atoms with Crippen molar-refractivity contribution in [3.05, 3.63) is 65.6 Å². The molecule has 1 saturated carbocycles. The third kappa shape index (κ3) is 7.45. The van der Waals surface area contributed by atoms with Crippen LogP contribution in [0.25, 0.3) is 5.65 Å². The van der Waals surface area contributed by atoms with E-state index in [1.165, 1.54) is 16.8 Å². The van der Waals surface area contributed by atoms with Gasteiger partial charge in [0.2, 0.25) is 12.3 Å². The third-order valence-corrected chi connectivity index (χ3v) is 6.79. The summed E-state index contributed by atoms with van der Waals surface area (Å²) in [5.74, 6) is -5.13. The Hall–Kier alpha value is -3.70. The number of amides is 1. The first-order chi connectivity index (χ1) is 18.6. The smallest absolute Gasteiger partial charge is 0.408 e. The van der Waals surface area contributed by atoms with Crippen LogP contribution in [0.1, 0.15) is 67.8 Å². The molecule has 1 aliphatic rings.